The van der Waals surface area contributed by atoms with Crippen molar-refractivity contribution >= 4 is 17.2 Å². The molecule has 0 aliphatic heterocycles. The lowest BCUT2D eigenvalue weighted by Gasteiger charge is -2.11. The SMILES string of the molecule is CN(C)Cc1ccc2c(CNC=O)cccc2c1. The maximum absolute atomic E-state index is 10.4. The van der Waals surface area contributed by atoms with Gasteiger partial charge in [-0.25, -0.2) is 0 Å². The molecule has 0 aliphatic rings. The first kappa shape index (κ1) is 12.6. The third-order valence-corrected chi connectivity index (χ3v) is 2.91. The number of nitrogens with zero attached hydrogens (tertiary/aromatic N) is 1. The molecule has 0 saturated heterocycles. The van der Waals surface area contributed by atoms with Gasteiger partial charge in [-0.1, -0.05) is 30.3 Å². The number of carbonyl (C=O) groups is 1. The van der Waals surface area contributed by atoms with Crippen LogP contribution >= 0.6 is 0 Å². The molecule has 0 fully saturated rings. The van der Waals surface area contributed by atoms with Gasteiger partial charge < -0.3 is 10.2 Å². The summed E-state index contributed by atoms with van der Waals surface area (Å²) in [5.41, 5.74) is 2.45. The standard InChI is InChI=1S/C15H18N2O/c1-17(2)10-12-6-7-15-13(8-12)4-3-5-14(15)9-16-11-18/h3-8,11H,9-10H2,1-2H3,(H,16,18). The van der Waals surface area contributed by atoms with Crippen LogP contribution in [0.5, 0.6) is 0 Å². The van der Waals surface area contributed by atoms with Crippen molar-refractivity contribution in [1.82, 2.24) is 10.2 Å². The Hall–Kier alpha value is -1.87. The van der Waals surface area contributed by atoms with Gasteiger partial charge in [0.2, 0.25) is 6.41 Å². The van der Waals surface area contributed by atoms with Crippen LogP contribution in [-0.2, 0) is 17.9 Å². The van der Waals surface area contributed by atoms with Crippen molar-refractivity contribution in [3.05, 3.63) is 47.5 Å². The van der Waals surface area contributed by atoms with Crippen LogP contribution in [0.15, 0.2) is 36.4 Å². The first-order valence-electron chi connectivity index (χ1n) is 6.03. The van der Waals surface area contributed by atoms with Gasteiger partial charge in [0.15, 0.2) is 0 Å². The fourth-order valence-electron chi connectivity index (χ4n) is 2.17. The predicted octanol–water partition coefficient (Wildman–Crippen LogP) is 2.15. The fourth-order valence-corrected chi connectivity index (χ4v) is 2.17. The zero-order valence-electron chi connectivity index (χ0n) is 10.8. The smallest absolute Gasteiger partial charge is 0.207 e. The van der Waals surface area contributed by atoms with Gasteiger partial charge in [0.25, 0.3) is 0 Å². The summed E-state index contributed by atoms with van der Waals surface area (Å²) in [6.45, 7) is 1.51. The molecule has 0 heterocycles. The highest BCUT2D eigenvalue weighted by Gasteiger charge is 2.02. The van der Waals surface area contributed by atoms with E-state index in [2.05, 4.69) is 48.6 Å². The van der Waals surface area contributed by atoms with Crippen LogP contribution < -0.4 is 5.32 Å². The molecule has 18 heavy (non-hydrogen) atoms. The van der Waals surface area contributed by atoms with Crippen molar-refractivity contribution in [3.63, 3.8) is 0 Å². The van der Waals surface area contributed by atoms with Crippen molar-refractivity contribution < 1.29 is 4.79 Å². The number of benzene rings is 2. The van der Waals surface area contributed by atoms with Gasteiger partial charge >= 0.3 is 0 Å². The van der Waals surface area contributed by atoms with Gasteiger partial charge in [-0.2, -0.15) is 0 Å². The minimum absolute atomic E-state index is 0.577. The molecule has 0 spiro atoms. The van der Waals surface area contributed by atoms with E-state index in [0.717, 1.165) is 18.5 Å². The third kappa shape index (κ3) is 2.87. The van der Waals surface area contributed by atoms with Crippen molar-refractivity contribution in [1.29, 1.82) is 0 Å². The average Bonchev–Trinajstić information content (AvgIpc) is 2.35. The minimum atomic E-state index is 0.577. The van der Waals surface area contributed by atoms with E-state index in [1.807, 2.05) is 12.1 Å². The second-order valence-electron chi connectivity index (χ2n) is 4.71. The van der Waals surface area contributed by atoms with Crippen LogP contribution in [0.1, 0.15) is 11.1 Å². The first-order valence-corrected chi connectivity index (χ1v) is 6.03. The Balaban J connectivity index is 2.36. The van der Waals surface area contributed by atoms with E-state index in [1.165, 1.54) is 16.3 Å². The Morgan fingerprint density at radius 2 is 2.06 bits per heavy atom. The second-order valence-corrected chi connectivity index (χ2v) is 4.71. The monoisotopic (exact) mass is 242 g/mol. The molecule has 3 nitrogen and oxygen atoms in total. The van der Waals surface area contributed by atoms with E-state index in [1.54, 1.807) is 0 Å². The van der Waals surface area contributed by atoms with Crippen LogP contribution in [0.2, 0.25) is 0 Å². The average molecular weight is 242 g/mol. The molecule has 1 N–H and O–H groups in total. The van der Waals surface area contributed by atoms with E-state index in [9.17, 15) is 4.79 Å². The van der Waals surface area contributed by atoms with Gasteiger partial charge in [0.05, 0.1) is 0 Å². The molecule has 2 aromatic carbocycles. The maximum Gasteiger partial charge on any atom is 0.207 e. The Morgan fingerprint density at radius 1 is 1.22 bits per heavy atom. The predicted molar refractivity (Wildman–Crippen MR) is 74.2 cm³/mol. The van der Waals surface area contributed by atoms with Crippen LogP contribution in [0, 0.1) is 0 Å². The van der Waals surface area contributed by atoms with Crippen LogP contribution in [0.4, 0.5) is 0 Å². The highest BCUT2D eigenvalue weighted by Crippen LogP contribution is 2.20. The van der Waals surface area contributed by atoms with Gasteiger partial charge in [0.1, 0.15) is 0 Å². The van der Waals surface area contributed by atoms with Gasteiger partial charge in [-0.15, -0.1) is 0 Å². The van der Waals surface area contributed by atoms with Crippen molar-refractivity contribution in [2.45, 2.75) is 13.1 Å². The Labute approximate surface area is 107 Å². The molecule has 0 unspecified atom stereocenters. The van der Waals surface area contributed by atoms with Crippen molar-refractivity contribution in [2.24, 2.45) is 0 Å². The summed E-state index contributed by atoms with van der Waals surface area (Å²) in [7, 11) is 4.13. The highest BCUT2D eigenvalue weighted by molar-refractivity contribution is 5.86. The lowest BCUT2D eigenvalue weighted by atomic mass is 10.0. The van der Waals surface area contributed by atoms with E-state index in [0.29, 0.717) is 6.54 Å². The normalized spacial score (nSPS) is 10.8. The van der Waals surface area contributed by atoms with Crippen LogP contribution in [0.3, 0.4) is 0 Å². The molecule has 1 amide bonds. The van der Waals surface area contributed by atoms with E-state index >= 15 is 0 Å². The Morgan fingerprint density at radius 3 is 2.78 bits per heavy atom. The number of hydrogen-bond donors (Lipinski definition) is 1. The summed E-state index contributed by atoms with van der Waals surface area (Å²) in [6, 6.07) is 12.7. The second kappa shape index (κ2) is 5.65. The largest absolute Gasteiger partial charge is 0.355 e. The molecule has 0 saturated carbocycles. The topological polar surface area (TPSA) is 32.3 Å². The number of fused-ring (bicyclic) bond motifs is 1. The summed E-state index contributed by atoms with van der Waals surface area (Å²) in [5.74, 6) is 0. The zero-order valence-corrected chi connectivity index (χ0v) is 10.8. The maximum atomic E-state index is 10.4. The molecule has 2 rings (SSSR count). The number of nitrogens with one attached hydrogen (secondary N) is 1. The highest BCUT2D eigenvalue weighted by atomic mass is 16.1. The number of carbonyl (C=O) groups excluding carboxylic acids is 1. The molecule has 0 aliphatic carbocycles. The third-order valence-electron chi connectivity index (χ3n) is 2.91. The summed E-state index contributed by atoms with van der Waals surface area (Å²) < 4.78 is 0. The number of amides is 1. The first-order chi connectivity index (χ1) is 8.70. The Kier molecular flexibility index (Phi) is 3.95. The molecule has 0 atom stereocenters. The zero-order chi connectivity index (χ0) is 13.0. The minimum Gasteiger partial charge on any atom is -0.355 e. The molecule has 94 valence electrons. The Bertz CT molecular complexity index is 549. The molecule has 0 bridgehead atoms. The molecule has 2 aromatic rings. The summed E-state index contributed by atoms with van der Waals surface area (Å²) in [4.78, 5) is 12.5. The molecule has 3 heteroatoms. The lowest BCUT2D eigenvalue weighted by molar-refractivity contribution is -0.109. The fraction of sp³-hybridized carbons (Fsp3) is 0.267. The van der Waals surface area contributed by atoms with Crippen LogP contribution in [-0.4, -0.2) is 25.4 Å². The summed E-state index contributed by atoms with van der Waals surface area (Å²) >= 11 is 0. The van der Waals surface area contributed by atoms with Crippen molar-refractivity contribution in [2.75, 3.05) is 14.1 Å². The van der Waals surface area contributed by atoms with E-state index in [4.69, 9.17) is 0 Å². The molecule has 0 aromatic heterocycles. The van der Waals surface area contributed by atoms with Gasteiger partial charge in [-0.3, -0.25) is 4.79 Å². The number of rotatable bonds is 5. The molecular weight excluding hydrogens is 224 g/mol. The summed E-state index contributed by atoms with van der Waals surface area (Å²) in [5, 5.41) is 5.14. The van der Waals surface area contributed by atoms with Crippen LogP contribution in [0.25, 0.3) is 10.8 Å². The van der Waals surface area contributed by atoms with Gasteiger partial charge in [0, 0.05) is 13.1 Å². The molecule has 0 radical (unpaired) electrons. The molecular formula is C15H18N2O. The quantitative estimate of drug-likeness (QED) is 0.815. The van der Waals surface area contributed by atoms with E-state index in [-0.39, 0.29) is 0 Å². The van der Waals surface area contributed by atoms with Crippen molar-refractivity contribution in [3.8, 4) is 0 Å². The summed E-state index contributed by atoms with van der Waals surface area (Å²) in [6.07, 6.45) is 0.735. The lowest BCUT2D eigenvalue weighted by Crippen LogP contribution is -2.11. The number of hydrogen-bond acceptors (Lipinski definition) is 2. The van der Waals surface area contributed by atoms with E-state index < -0.39 is 0 Å². The van der Waals surface area contributed by atoms with Gasteiger partial charge in [-0.05, 0) is 42.1 Å².